The van der Waals surface area contributed by atoms with Crippen LogP contribution in [0.4, 0.5) is 0 Å². The van der Waals surface area contributed by atoms with Crippen LogP contribution in [0.25, 0.3) is 0 Å². The van der Waals surface area contributed by atoms with Crippen LogP contribution in [0, 0.1) is 0 Å². The van der Waals surface area contributed by atoms with E-state index in [2.05, 4.69) is 27.0 Å². The number of benzene rings is 1. The molecule has 2 heterocycles. The number of H-pyrrole nitrogens is 1. The molecule has 118 valence electrons. The summed E-state index contributed by atoms with van der Waals surface area (Å²) < 4.78 is 5.42. The fraction of sp³-hybridized carbons (Fsp3) is 0.500. The van der Waals surface area contributed by atoms with E-state index >= 15 is 0 Å². The van der Waals surface area contributed by atoms with Crippen molar-refractivity contribution >= 4 is 11.6 Å². The summed E-state index contributed by atoms with van der Waals surface area (Å²) >= 11 is 6.03. The van der Waals surface area contributed by atoms with Gasteiger partial charge < -0.3 is 4.74 Å². The second kappa shape index (κ2) is 7.22. The highest BCUT2D eigenvalue weighted by molar-refractivity contribution is 6.30. The van der Waals surface area contributed by atoms with E-state index in [1.165, 1.54) is 0 Å². The minimum absolute atomic E-state index is 0.258. The van der Waals surface area contributed by atoms with E-state index in [4.69, 9.17) is 16.3 Å². The average Bonchev–Trinajstić information content (AvgIpc) is 2.97. The van der Waals surface area contributed by atoms with Crippen LogP contribution in [0.3, 0.4) is 0 Å². The van der Waals surface area contributed by atoms with Gasteiger partial charge in [0, 0.05) is 24.5 Å². The molecule has 0 saturated carbocycles. The first-order chi connectivity index (χ1) is 10.8. The van der Waals surface area contributed by atoms with Gasteiger partial charge in [0.05, 0.1) is 19.3 Å². The SMILES string of the molecule is CCC(c1n[nH]c(Cc2cccc(Cl)c2)n1)N1CCOCC1. The van der Waals surface area contributed by atoms with Crippen LogP contribution in [-0.2, 0) is 11.2 Å². The monoisotopic (exact) mass is 320 g/mol. The fourth-order valence-corrected chi connectivity index (χ4v) is 3.08. The molecule has 0 bridgehead atoms. The van der Waals surface area contributed by atoms with Gasteiger partial charge in [-0.05, 0) is 24.1 Å². The molecular formula is C16H21ClN4O. The number of hydrogen-bond donors (Lipinski definition) is 1. The molecule has 5 nitrogen and oxygen atoms in total. The molecule has 1 aliphatic heterocycles. The lowest BCUT2D eigenvalue weighted by atomic mass is 10.1. The number of nitrogens with zero attached hydrogens (tertiary/aromatic N) is 3. The zero-order valence-corrected chi connectivity index (χ0v) is 13.5. The number of aromatic amines is 1. The zero-order chi connectivity index (χ0) is 15.4. The van der Waals surface area contributed by atoms with Crippen LogP contribution in [-0.4, -0.2) is 46.4 Å². The van der Waals surface area contributed by atoms with Gasteiger partial charge in [0.25, 0.3) is 0 Å². The Bertz CT molecular complexity index is 610. The van der Waals surface area contributed by atoms with E-state index in [9.17, 15) is 0 Å². The molecule has 1 saturated heterocycles. The Balaban J connectivity index is 1.71. The molecular weight excluding hydrogens is 300 g/mol. The van der Waals surface area contributed by atoms with Gasteiger partial charge in [0.2, 0.25) is 0 Å². The smallest absolute Gasteiger partial charge is 0.167 e. The molecule has 1 N–H and O–H groups in total. The second-order valence-corrected chi connectivity index (χ2v) is 5.96. The number of rotatable bonds is 5. The highest BCUT2D eigenvalue weighted by Crippen LogP contribution is 2.22. The Morgan fingerprint density at radius 3 is 2.91 bits per heavy atom. The molecule has 2 aromatic rings. The summed E-state index contributed by atoms with van der Waals surface area (Å²) in [6, 6.07) is 8.10. The van der Waals surface area contributed by atoms with E-state index in [1.54, 1.807) is 0 Å². The molecule has 6 heteroatoms. The minimum Gasteiger partial charge on any atom is -0.379 e. The first-order valence-corrected chi connectivity index (χ1v) is 8.11. The van der Waals surface area contributed by atoms with E-state index in [0.717, 1.165) is 55.0 Å². The molecule has 0 radical (unpaired) electrons. The van der Waals surface area contributed by atoms with Crippen molar-refractivity contribution in [3.63, 3.8) is 0 Å². The van der Waals surface area contributed by atoms with Gasteiger partial charge in [-0.1, -0.05) is 30.7 Å². The summed E-state index contributed by atoms with van der Waals surface area (Å²) in [5, 5.41) is 8.24. The summed E-state index contributed by atoms with van der Waals surface area (Å²) in [5.74, 6) is 1.76. The normalized spacial score (nSPS) is 17.5. The molecule has 1 fully saturated rings. The predicted molar refractivity (Wildman–Crippen MR) is 86.1 cm³/mol. The Morgan fingerprint density at radius 2 is 2.18 bits per heavy atom. The molecule has 0 aliphatic carbocycles. The number of nitrogens with one attached hydrogen (secondary N) is 1. The number of aromatic nitrogens is 3. The van der Waals surface area contributed by atoms with Gasteiger partial charge in [0.1, 0.15) is 5.82 Å². The van der Waals surface area contributed by atoms with E-state index in [1.807, 2.05) is 24.3 Å². The van der Waals surface area contributed by atoms with E-state index in [0.29, 0.717) is 6.42 Å². The molecule has 1 aromatic heterocycles. The van der Waals surface area contributed by atoms with Gasteiger partial charge in [-0.25, -0.2) is 4.98 Å². The minimum atomic E-state index is 0.258. The molecule has 0 amide bonds. The fourth-order valence-electron chi connectivity index (χ4n) is 2.87. The van der Waals surface area contributed by atoms with Crippen LogP contribution in [0.1, 0.15) is 36.6 Å². The maximum atomic E-state index is 6.03. The van der Waals surface area contributed by atoms with Crippen molar-refractivity contribution in [3.05, 3.63) is 46.5 Å². The largest absolute Gasteiger partial charge is 0.379 e. The van der Waals surface area contributed by atoms with Crippen molar-refractivity contribution in [1.29, 1.82) is 0 Å². The summed E-state index contributed by atoms with van der Waals surface area (Å²) in [5.41, 5.74) is 1.13. The van der Waals surface area contributed by atoms with Gasteiger partial charge in [-0.3, -0.25) is 10.00 Å². The lowest BCUT2D eigenvalue weighted by Crippen LogP contribution is -2.39. The van der Waals surface area contributed by atoms with Gasteiger partial charge in [-0.15, -0.1) is 0 Å². The maximum Gasteiger partial charge on any atom is 0.167 e. The Hall–Kier alpha value is -1.43. The lowest BCUT2D eigenvalue weighted by molar-refractivity contribution is 0.0134. The standard InChI is InChI=1S/C16H21ClN4O/c1-2-14(21-6-8-22-9-7-21)16-18-15(19-20-16)11-12-4-3-5-13(17)10-12/h3-5,10,14H,2,6-9,11H2,1H3,(H,18,19,20). The number of hydrogen-bond acceptors (Lipinski definition) is 4. The highest BCUT2D eigenvalue weighted by Gasteiger charge is 2.24. The first kappa shape index (κ1) is 15.5. The molecule has 1 aromatic carbocycles. The Labute approximate surface area is 135 Å². The molecule has 3 rings (SSSR count). The molecule has 22 heavy (non-hydrogen) atoms. The molecule has 1 unspecified atom stereocenters. The second-order valence-electron chi connectivity index (χ2n) is 5.52. The van der Waals surface area contributed by atoms with Crippen molar-refractivity contribution in [3.8, 4) is 0 Å². The van der Waals surface area contributed by atoms with E-state index in [-0.39, 0.29) is 6.04 Å². The van der Waals surface area contributed by atoms with Gasteiger partial charge in [0.15, 0.2) is 5.82 Å². The topological polar surface area (TPSA) is 54.0 Å². The maximum absolute atomic E-state index is 6.03. The molecule has 1 aliphatic rings. The summed E-state index contributed by atoms with van der Waals surface area (Å²) in [6.45, 7) is 5.63. The Kier molecular flexibility index (Phi) is 5.08. The quantitative estimate of drug-likeness (QED) is 0.920. The van der Waals surface area contributed by atoms with Crippen LogP contribution < -0.4 is 0 Å². The summed E-state index contributed by atoms with van der Waals surface area (Å²) in [7, 11) is 0. The van der Waals surface area contributed by atoms with E-state index < -0.39 is 0 Å². The van der Waals surface area contributed by atoms with Crippen molar-refractivity contribution in [1.82, 2.24) is 20.1 Å². The average molecular weight is 321 g/mol. The van der Waals surface area contributed by atoms with Gasteiger partial charge >= 0.3 is 0 Å². The zero-order valence-electron chi connectivity index (χ0n) is 12.8. The third-order valence-corrected chi connectivity index (χ3v) is 4.22. The third kappa shape index (κ3) is 3.66. The van der Waals surface area contributed by atoms with Crippen LogP contribution >= 0.6 is 11.6 Å². The summed E-state index contributed by atoms with van der Waals surface area (Å²) in [4.78, 5) is 7.09. The first-order valence-electron chi connectivity index (χ1n) is 7.73. The molecule has 0 spiro atoms. The van der Waals surface area contributed by atoms with Gasteiger partial charge in [-0.2, -0.15) is 5.10 Å². The van der Waals surface area contributed by atoms with Crippen molar-refractivity contribution in [2.24, 2.45) is 0 Å². The Morgan fingerprint density at radius 1 is 1.36 bits per heavy atom. The third-order valence-electron chi connectivity index (χ3n) is 3.98. The number of halogens is 1. The van der Waals surface area contributed by atoms with Crippen LogP contribution in [0.5, 0.6) is 0 Å². The lowest BCUT2D eigenvalue weighted by Gasteiger charge is -2.32. The van der Waals surface area contributed by atoms with Crippen molar-refractivity contribution in [2.45, 2.75) is 25.8 Å². The van der Waals surface area contributed by atoms with Crippen molar-refractivity contribution < 1.29 is 4.74 Å². The van der Waals surface area contributed by atoms with Crippen molar-refractivity contribution in [2.75, 3.05) is 26.3 Å². The van der Waals surface area contributed by atoms with Crippen LogP contribution in [0.15, 0.2) is 24.3 Å². The summed E-state index contributed by atoms with van der Waals surface area (Å²) in [6.07, 6.45) is 1.71. The highest BCUT2D eigenvalue weighted by atomic mass is 35.5. The number of morpholine rings is 1. The van der Waals surface area contributed by atoms with Crippen LogP contribution in [0.2, 0.25) is 5.02 Å². The predicted octanol–water partition coefficient (Wildman–Crippen LogP) is 2.83. The number of ether oxygens (including phenoxy) is 1. The molecule has 1 atom stereocenters.